The van der Waals surface area contributed by atoms with Gasteiger partial charge in [-0.2, -0.15) is 0 Å². The Hall–Kier alpha value is -2.90. The molecule has 1 atom stereocenters. The zero-order chi connectivity index (χ0) is 21.0. The van der Waals surface area contributed by atoms with Crippen molar-refractivity contribution >= 4 is 23.8 Å². The van der Waals surface area contributed by atoms with Gasteiger partial charge in [0.1, 0.15) is 5.54 Å². The molecule has 156 valence electrons. The van der Waals surface area contributed by atoms with Crippen LogP contribution < -0.4 is 10.6 Å². The number of carbonyl (C=O) groups excluding carboxylic acids is 4. The van der Waals surface area contributed by atoms with Crippen LogP contribution in [0.25, 0.3) is 0 Å². The summed E-state index contributed by atoms with van der Waals surface area (Å²) in [5.41, 5.74) is 0.0878. The second-order valence-electron chi connectivity index (χ2n) is 7.89. The molecule has 0 radical (unpaired) electrons. The van der Waals surface area contributed by atoms with Crippen molar-refractivity contribution in [1.29, 1.82) is 0 Å². The molecular weight excluding hydrogens is 374 g/mol. The number of hydrogen-bond acceptors (Lipinski definition) is 5. The second kappa shape index (κ2) is 8.63. The van der Waals surface area contributed by atoms with Gasteiger partial charge in [0, 0.05) is 19.0 Å². The number of imide groups is 1. The average Bonchev–Trinajstić information content (AvgIpc) is 3.00. The summed E-state index contributed by atoms with van der Waals surface area (Å²) >= 11 is 0. The first-order valence-electron chi connectivity index (χ1n) is 9.89. The molecule has 2 fully saturated rings. The van der Waals surface area contributed by atoms with E-state index in [9.17, 15) is 19.2 Å². The molecule has 1 unspecified atom stereocenters. The Bertz CT molecular complexity index is 787. The highest BCUT2D eigenvalue weighted by atomic mass is 16.5. The molecule has 1 aliphatic carbocycles. The molecule has 2 aliphatic rings. The molecule has 1 saturated carbocycles. The van der Waals surface area contributed by atoms with E-state index < -0.39 is 17.5 Å². The van der Waals surface area contributed by atoms with Gasteiger partial charge in [0.15, 0.2) is 0 Å². The van der Waals surface area contributed by atoms with Crippen LogP contribution in [0.2, 0.25) is 0 Å². The summed E-state index contributed by atoms with van der Waals surface area (Å²) in [7, 11) is 1.34. The van der Waals surface area contributed by atoms with Gasteiger partial charge in [-0.15, -0.1) is 0 Å². The summed E-state index contributed by atoms with van der Waals surface area (Å²) in [6.45, 7) is 2.41. The number of ether oxygens (including phenoxy) is 1. The maximum absolute atomic E-state index is 13.3. The van der Waals surface area contributed by atoms with Crippen molar-refractivity contribution in [3.05, 3.63) is 35.9 Å². The smallest absolute Gasteiger partial charge is 0.322 e. The number of benzene rings is 1. The summed E-state index contributed by atoms with van der Waals surface area (Å²) in [6.07, 6.45) is 1.86. The molecular formula is C21H27N3O5. The molecule has 0 aromatic heterocycles. The molecule has 1 aromatic carbocycles. The number of methoxy groups -OCH3 is 1. The van der Waals surface area contributed by atoms with Gasteiger partial charge in [0.25, 0.3) is 5.91 Å². The number of urea groups is 1. The SMILES string of the molecule is COC(=O)C(C)CN(Cc1ccccc1)C(=O)C1CCC2(CC1)NC(=O)NC2=O. The Morgan fingerprint density at radius 3 is 2.41 bits per heavy atom. The van der Waals surface area contributed by atoms with E-state index in [1.165, 1.54) is 7.11 Å². The topological polar surface area (TPSA) is 105 Å². The minimum absolute atomic E-state index is 0.0378. The lowest BCUT2D eigenvalue weighted by molar-refractivity contribution is -0.148. The van der Waals surface area contributed by atoms with Crippen LogP contribution >= 0.6 is 0 Å². The molecule has 8 nitrogen and oxygen atoms in total. The molecule has 8 heteroatoms. The number of nitrogens with zero attached hydrogens (tertiary/aromatic N) is 1. The first kappa shape index (κ1) is 20.8. The monoisotopic (exact) mass is 401 g/mol. The zero-order valence-electron chi connectivity index (χ0n) is 16.8. The fraction of sp³-hybridized carbons (Fsp3) is 0.524. The predicted molar refractivity (Wildman–Crippen MR) is 104 cm³/mol. The van der Waals surface area contributed by atoms with Gasteiger partial charge in [-0.25, -0.2) is 4.79 Å². The van der Waals surface area contributed by atoms with Crippen LogP contribution in [0.15, 0.2) is 30.3 Å². The van der Waals surface area contributed by atoms with Crippen LogP contribution in [-0.4, -0.2) is 47.9 Å². The Morgan fingerprint density at radius 2 is 1.86 bits per heavy atom. The van der Waals surface area contributed by atoms with Crippen LogP contribution in [0.3, 0.4) is 0 Å². The fourth-order valence-electron chi connectivity index (χ4n) is 4.14. The first-order valence-corrected chi connectivity index (χ1v) is 9.89. The van der Waals surface area contributed by atoms with Crippen molar-refractivity contribution in [2.75, 3.05) is 13.7 Å². The lowest BCUT2D eigenvalue weighted by Crippen LogP contribution is -2.51. The summed E-state index contributed by atoms with van der Waals surface area (Å²) < 4.78 is 4.81. The zero-order valence-corrected chi connectivity index (χ0v) is 16.8. The van der Waals surface area contributed by atoms with Gasteiger partial charge in [0.2, 0.25) is 5.91 Å². The number of hydrogen-bond donors (Lipinski definition) is 2. The number of rotatable bonds is 6. The second-order valence-corrected chi connectivity index (χ2v) is 7.89. The van der Waals surface area contributed by atoms with Crippen LogP contribution in [0.1, 0.15) is 38.2 Å². The lowest BCUT2D eigenvalue weighted by atomic mass is 9.76. The third-order valence-electron chi connectivity index (χ3n) is 5.83. The molecule has 0 bridgehead atoms. The molecule has 1 heterocycles. The maximum atomic E-state index is 13.3. The normalized spacial score (nSPS) is 24.6. The van der Waals surface area contributed by atoms with E-state index in [2.05, 4.69) is 10.6 Å². The highest BCUT2D eigenvalue weighted by Crippen LogP contribution is 2.35. The molecule has 1 aliphatic heterocycles. The Labute approximate surface area is 170 Å². The van der Waals surface area contributed by atoms with Crippen LogP contribution in [0, 0.1) is 11.8 Å². The van der Waals surface area contributed by atoms with E-state index in [4.69, 9.17) is 4.74 Å². The molecule has 4 amide bonds. The third kappa shape index (κ3) is 4.58. The Balaban J connectivity index is 1.70. The number of nitrogens with one attached hydrogen (secondary N) is 2. The number of amides is 4. The molecule has 2 N–H and O–H groups in total. The van der Waals surface area contributed by atoms with Gasteiger partial charge in [-0.1, -0.05) is 37.3 Å². The molecule has 1 spiro atoms. The van der Waals surface area contributed by atoms with Gasteiger partial charge in [0.05, 0.1) is 13.0 Å². The summed E-state index contributed by atoms with van der Waals surface area (Å²) in [5.74, 6) is -1.40. The molecule has 29 heavy (non-hydrogen) atoms. The van der Waals surface area contributed by atoms with Crippen molar-refractivity contribution in [3.63, 3.8) is 0 Å². The van der Waals surface area contributed by atoms with Crippen LogP contribution in [0.4, 0.5) is 4.79 Å². The molecule has 1 saturated heterocycles. The fourth-order valence-corrected chi connectivity index (χ4v) is 4.14. The van der Waals surface area contributed by atoms with Gasteiger partial charge in [-0.05, 0) is 31.2 Å². The highest BCUT2D eigenvalue weighted by molar-refractivity contribution is 6.07. The van der Waals surface area contributed by atoms with Gasteiger partial charge in [-0.3, -0.25) is 19.7 Å². The van der Waals surface area contributed by atoms with E-state index in [1.54, 1.807) is 11.8 Å². The van der Waals surface area contributed by atoms with Gasteiger partial charge < -0.3 is 15.0 Å². The van der Waals surface area contributed by atoms with Crippen molar-refractivity contribution < 1.29 is 23.9 Å². The first-order chi connectivity index (χ1) is 13.8. The summed E-state index contributed by atoms with van der Waals surface area (Å²) in [6, 6.07) is 9.14. The minimum Gasteiger partial charge on any atom is -0.469 e. The lowest BCUT2D eigenvalue weighted by Gasteiger charge is -2.36. The van der Waals surface area contributed by atoms with E-state index in [1.807, 2.05) is 30.3 Å². The molecule has 3 rings (SSSR count). The van der Waals surface area contributed by atoms with E-state index >= 15 is 0 Å². The maximum Gasteiger partial charge on any atom is 0.322 e. The molecule has 1 aromatic rings. The van der Waals surface area contributed by atoms with E-state index in [-0.39, 0.29) is 30.2 Å². The quantitative estimate of drug-likeness (QED) is 0.556. The van der Waals surface area contributed by atoms with Gasteiger partial charge >= 0.3 is 12.0 Å². The summed E-state index contributed by atoms with van der Waals surface area (Å²) in [5, 5.41) is 5.00. The highest BCUT2D eigenvalue weighted by Gasteiger charge is 2.49. The third-order valence-corrected chi connectivity index (χ3v) is 5.83. The summed E-state index contributed by atoms with van der Waals surface area (Å²) in [4.78, 5) is 50.5. The van der Waals surface area contributed by atoms with E-state index in [0.717, 1.165) is 5.56 Å². The Kier molecular flexibility index (Phi) is 6.20. The number of carbonyl (C=O) groups is 4. The van der Waals surface area contributed by atoms with Crippen molar-refractivity contribution in [2.24, 2.45) is 11.8 Å². The largest absolute Gasteiger partial charge is 0.469 e. The van der Waals surface area contributed by atoms with Crippen molar-refractivity contribution in [1.82, 2.24) is 15.5 Å². The van der Waals surface area contributed by atoms with Crippen LogP contribution in [0.5, 0.6) is 0 Å². The standard InChI is InChI=1S/C21H27N3O5/c1-14(18(26)29-2)12-24(13-15-6-4-3-5-7-15)17(25)16-8-10-21(11-9-16)19(27)22-20(28)23-21/h3-7,14,16H,8-13H2,1-2H3,(H2,22,23,27,28). The minimum atomic E-state index is -0.891. The average molecular weight is 401 g/mol. The van der Waals surface area contributed by atoms with E-state index in [0.29, 0.717) is 32.2 Å². The van der Waals surface area contributed by atoms with Crippen LogP contribution in [-0.2, 0) is 25.7 Å². The number of esters is 1. The van der Waals surface area contributed by atoms with Crippen molar-refractivity contribution in [2.45, 2.75) is 44.7 Å². The van der Waals surface area contributed by atoms with Crippen molar-refractivity contribution in [3.8, 4) is 0 Å². The Morgan fingerprint density at radius 1 is 1.21 bits per heavy atom. The predicted octanol–water partition coefficient (Wildman–Crippen LogP) is 1.59.